The molecule has 0 aliphatic heterocycles. The summed E-state index contributed by atoms with van der Waals surface area (Å²) in [4.78, 5) is 23.8. The van der Waals surface area contributed by atoms with Gasteiger partial charge in [0, 0.05) is 16.7 Å². The summed E-state index contributed by atoms with van der Waals surface area (Å²) in [6, 6.07) is 21.5. The van der Waals surface area contributed by atoms with Crippen LogP contribution in [0.25, 0.3) is 0 Å². The molecule has 0 atom stereocenters. The summed E-state index contributed by atoms with van der Waals surface area (Å²) in [5.74, 6) is 1.32. The molecule has 0 spiro atoms. The molecule has 25 heavy (non-hydrogen) atoms. The van der Waals surface area contributed by atoms with Crippen LogP contribution in [-0.4, -0.2) is 11.6 Å². The molecule has 0 fully saturated rings. The first-order valence-corrected chi connectivity index (χ1v) is 8.03. The molecule has 0 aliphatic rings. The molecule has 3 aromatic carbocycles. The first-order chi connectivity index (χ1) is 12.0. The monoisotopic (exact) mass is 330 g/mol. The van der Waals surface area contributed by atoms with Crippen LogP contribution in [0.2, 0.25) is 0 Å². The molecule has 124 valence electrons. The van der Waals surface area contributed by atoms with E-state index in [1.54, 1.807) is 48.5 Å². The van der Waals surface area contributed by atoms with Gasteiger partial charge in [-0.1, -0.05) is 42.0 Å². The number of rotatable bonds is 5. The topological polar surface area (TPSA) is 43.4 Å². The zero-order valence-electron chi connectivity index (χ0n) is 14.2. The third-order valence-corrected chi connectivity index (χ3v) is 3.93. The van der Waals surface area contributed by atoms with Gasteiger partial charge < -0.3 is 4.74 Å². The van der Waals surface area contributed by atoms with E-state index >= 15 is 0 Å². The van der Waals surface area contributed by atoms with Gasteiger partial charge in [-0.05, 0) is 50.2 Å². The predicted molar refractivity (Wildman–Crippen MR) is 97.6 cm³/mol. The molecule has 0 aromatic heterocycles. The number of benzene rings is 3. The number of Topliss-reactive ketones (excluding diaryl/α,β-unsaturated/α-hetero) is 1. The number of hydrogen-bond acceptors (Lipinski definition) is 3. The van der Waals surface area contributed by atoms with E-state index in [0.29, 0.717) is 22.4 Å². The molecule has 0 amide bonds. The van der Waals surface area contributed by atoms with E-state index in [-0.39, 0.29) is 11.6 Å². The summed E-state index contributed by atoms with van der Waals surface area (Å²) >= 11 is 0. The fourth-order valence-corrected chi connectivity index (χ4v) is 2.44. The van der Waals surface area contributed by atoms with Crippen LogP contribution in [0.15, 0.2) is 72.8 Å². The second-order valence-electron chi connectivity index (χ2n) is 5.90. The molecule has 0 radical (unpaired) electrons. The van der Waals surface area contributed by atoms with Crippen LogP contribution in [0.4, 0.5) is 0 Å². The SMILES string of the molecule is CC(=O)c1ccc(C(=O)c2ccc(Oc3ccc(C)cc3)cc2)cc1. The molecule has 0 bridgehead atoms. The third-order valence-electron chi connectivity index (χ3n) is 3.93. The van der Waals surface area contributed by atoms with Crippen LogP contribution in [0, 0.1) is 6.92 Å². The standard InChI is InChI=1S/C22H18O3/c1-15-3-11-20(12-4-15)25-21-13-9-19(10-14-21)22(24)18-7-5-17(6-8-18)16(2)23/h3-14H,1-2H3. The Kier molecular flexibility index (Phi) is 4.75. The maximum Gasteiger partial charge on any atom is 0.193 e. The summed E-state index contributed by atoms with van der Waals surface area (Å²) in [7, 11) is 0. The Labute approximate surface area is 146 Å². The van der Waals surface area contributed by atoms with Gasteiger partial charge >= 0.3 is 0 Å². The van der Waals surface area contributed by atoms with E-state index in [9.17, 15) is 9.59 Å². The molecule has 3 heteroatoms. The molecule has 0 N–H and O–H groups in total. The number of carbonyl (C=O) groups excluding carboxylic acids is 2. The lowest BCUT2D eigenvalue weighted by Gasteiger charge is -2.07. The Morgan fingerprint density at radius 1 is 0.640 bits per heavy atom. The van der Waals surface area contributed by atoms with Crippen LogP contribution >= 0.6 is 0 Å². The molecule has 0 aliphatic carbocycles. The van der Waals surface area contributed by atoms with E-state index in [1.165, 1.54) is 12.5 Å². The Hall–Kier alpha value is -3.20. The summed E-state index contributed by atoms with van der Waals surface area (Å²) in [6.45, 7) is 3.52. The van der Waals surface area contributed by atoms with Crippen LogP contribution in [0.1, 0.15) is 38.8 Å². The average molecular weight is 330 g/mol. The molecule has 3 aromatic rings. The van der Waals surface area contributed by atoms with Gasteiger partial charge in [0.1, 0.15) is 11.5 Å². The minimum Gasteiger partial charge on any atom is -0.457 e. The molecule has 0 saturated carbocycles. The summed E-state index contributed by atoms with van der Waals surface area (Å²) in [5, 5.41) is 0. The maximum atomic E-state index is 12.5. The van der Waals surface area contributed by atoms with Crippen LogP contribution in [-0.2, 0) is 0 Å². The van der Waals surface area contributed by atoms with Gasteiger partial charge in [0.15, 0.2) is 11.6 Å². The van der Waals surface area contributed by atoms with Crippen LogP contribution in [0.5, 0.6) is 11.5 Å². The number of carbonyl (C=O) groups is 2. The summed E-state index contributed by atoms with van der Waals surface area (Å²) in [6.07, 6.45) is 0. The van der Waals surface area contributed by atoms with Crippen molar-refractivity contribution >= 4 is 11.6 Å². The van der Waals surface area contributed by atoms with Crippen molar-refractivity contribution < 1.29 is 14.3 Å². The van der Waals surface area contributed by atoms with Crippen molar-refractivity contribution in [3.63, 3.8) is 0 Å². The van der Waals surface area contributed by atoms with Gasteiger partial charge in [-0.15, -0.1) is 0 Å². The van der Waals surface area contributed by atoms with E-state index in [4.69, 9.17) is 4.74 Å². The summed E-state index contributed by atoms with van der Waals surface area (Å²) < 4.78 is 5.77. The van der Waals surface area contributed by atoms with Crippen molar-refractivity contribution in [2.45, 2.75) is 13.8 Å². The Balaban J connectivity index is 1.73. The Morgan fingerprint density at radius 3 is 1.52 bits per heavy atom. The fourth-order valence-electron chi connectivity index (χ4n) is 2.44. The quantitative estimate of drug-likeness (QED) is 0.602. The highest BCUT2D eigenvalue weighted by atomic mass is 16.5. The molecule has 3 nitrogen and oxygen atoms in total. The second kappa shape index (κ2) is 7.14. The van der Waals surface area contributed by atoms with Crippen molar-refractivity contribution in [1.82, 2.24) is 0 Å². The molecule has 3 rings (SSSR count). The fraction of sp³-hybridized carbons (Fsp3) is 0.0909. The highest BCUT2D eigenvalue weighted by molar-refractivity contribution is 6.09. The largest absolute Gasteiger partial charge is 0.457 e. The van der Waals surface area contributed by atoms with Gasteiger partial charge in [-0.25, -0.2) is 0 Å². The van der Waals surface area contributed by atoms with Gasteiger partial charge in [0.25, 0.3) is 0 Å². The van der Waals surface area contributed by atoms with Crippen LogP contribution in [0.3, 0.4) is 0 Å². The number of ether oxygens (including phenoxy) is 1. The van der Waals surface area contributed by atoms with Gasteiger partial charge in [-0.3, -0.25) is 9.59 Å². The first-order valence-electron chi connectivity index (χ1n) is 8.03. The first kappa shape index (κ1) is 16.7. The minimum absolute atomic E-state index is 0.0170. The molecular weight excluding hydrogens is 312 g/mol. The lowest BCUT2D eigenvalue weighted by molar-refractivity contribution is 0.101. The highest BCUT2D eigenvalue weighted by Gasteiger charge is 2.10. The van der Waals surface area contributed by atoms with Crippen molar-refractivity contribution in [2.75, 3.05) is 0 Å². The van der Waals surface area contributed by atoms with E-state index in [1.807, 2.05) is 31.2 Å². The molecular formula is C22H18O3. The summed E-state index contributed by atoms with van der Waals surface area (Å²) in [5.41, 5.74) is 2.89. The predicted octanol–water partition coefficient (Wildman–Crippen LogP) is 5.22. The maximum absolute atomic E-state index is 12.5. The van der Waals surface area contributed by atoms with E-state index in [2.05, 4.69) is 0 Å². The normalized spacial score (nSPS) is 10.3. The van der Waals surface area contributed by atoms with Gasteiger partial charge in [-0.2, -0.15) is 0 Å². The van der Waals surface area contributed by atoms with Crippen molar-refractivity contribution in [1.29, 1.82) is 0 Å². The molecule has 0 heterocycles. The van der Waals surface area contributed by atoms with Crippen molar-refractivity contribution in [3.8, 4) is 11.5 Å². The lowest BCUT2D eigenvalue weighted by Crippen LogP contribution is -2.02. The number of ketones is 2. The third kappa shape index (κ3) is 4.01. The van der Waals surface area contributed by atoms with E-state index < -0.39 is 0 Å². The van der Waals surface area contributed by atoms with Crippen molar-refractivity contribution in [3.05, 3.63) is 95.1 Å². The van der Waals surface area contributed by atoms with Crippen LogP contribution < -0.4 is 4.74 Å². The zero-order valence-corrected chi connectivity index (χ0v) is 14.2. The van der Waals surface area contributed by atoms with E-state index in [0.717, 1.165) is 5.75 Å². The smallest absolute Gasteiger partial charge is 0.193 e. The number of aryl methyl sites for hydroxylation is 1. The number of hydrogen-bond donors (Lipinski definition) is 0. The average Bonchev–Trinajstić information content (AvgIpc) is 2.64. The second-order valence-corrected chi connectivity index (χ2v) is 5.90. The molecule has 0 unspecified atom stereocenters. The van der Waals surface area contributed by atoms with Gasteiger partial charge in [0.05, 0.1) is 0 Å². The minimum atomic E-state index is -0.0861. The van der Waals surface area contributed by atoms with Crippen molar-refractivity contribution in [2.24, 2.45) is 0 Å². The lowest BCUT2D eigenvalue weighted by atomic mass is 10.0. The Morgan fingerprint density at radius 2 is 1.04 bits per heavy atom. The molecule has 0 saturated heterocycles. The highest BCUT2D eigenvalue weighted by Crippen LogP contribution is 2.23. The zero-order chi connectivity index (χ0) is 17.8. The Bertz CT molecular complexity index is 890. The van der Waals surface area contributed by atoms with Gasteiger partial charge in [0.2, 0.25) is 0 Å².